The van der Waals surface area contributed by atoms with Crippen molar-refractivity contribution in [2.24, 2.45) is 0 Å². The van der Waals surface area contributed by atoms with Crippen molar-refractivity contribution in [3.8, 4) is 0 Å². The Kier molecular flexibility index (Phi) is 5.95. The van der Waals surface area contributed by atoms with E-state index in [4.69, 9.17) is 0 Å². The van der Waals surface area contributed by atoms with E-state index < -0.39 is 11.6 Å². The zero-order chi connectivity index (χ0) is 12.7. The van der Waals surface area contributed by atoms with E-state index in [1.54, 1.807) is 0 Å². The van der Waals surface area contributed by atoms with Crippen molar-refractivity contribution in [3.05, 3.63) is 29.8 Å². The highest BCUT2D eigenvalue weighted by Crippen LogP contribution is 2.20. The average Bonchev–Trinajstić information content (AvgIpc) is 2.30. The van der Waals surface area contributed by atoms with Gasteiger partial charge in [-0.1, -0.05) is 38.7 Å². The third-order valence-corrected chi connectivity index (χ3v) is 2.84. The molecule has 1 aromatic rings. The number of para-hydroxylation sites is 1. The van der Waals surface area contributed by atoms with Gasteiger partial charge in [-0.05, 0) is 25.5 Å². The number of unbranched alkanes of at least 4 members (excludes halogenated alkanes) is 3. The van der Waals surface area contributed by atoms with Gasteiger partial charge in [0.15, 0.2) is 0 Å². The molecule has 0 heterocycles. The second kappa shape index (κ2) is 7.25. The molecule has 1 unspecified atom stereocenters. The van der Waals surface area contributed by atoms with E-state index in [-0.39, 0.29) is 11.7 Å². The number of benzene rings is 1. The quantitative estimate of drug-likeness (QED) is 0.680. The summed E-state index contributed by atoms with van der Waals surface area (Å²) in [5.41, 5.74) is -0.00417. The highest BCUT2D eigenvalue weighted by molar-refractivity contribution is 5.46. The lowest BCUT2D eigenvalue weighted by Crippen LogP contribution is -2.17. The maximum Gasteiger partial charge on any atom is 0.149 e. The first-order valence-corrected chi connectivity index (χ1v) is 6.35. The van der Waals surface area contributed by atoms with Crippen LogP contribution in [0, 0.1) is 11.6 Å². The maximum atomic E-state index is 13.4. The SMILES string of the molecule is CCCCCCC(C)Nc1c(F)cccc1F. The molecule has 0 radical (unpaired) electrons. The monoisotopic (exact) mass is 241 g/mol. The van der Waals surface area contributed by atoms with Gasteiger partial charge in [0.25, 0.3) is 0 Å². The third-order valence-electron chi connectivity index (χ3n) is 2.84. The Hall–Kier alpha value is -1.12. The summed E-state index contributed by atoms with van der Waals surface area (Å²) in [6.45, 7) is 4.12. The maximum absolute atomic E-state index is 13.4. The molecule has 0 saturated heterocycles. The van der Waals surface area contributed by atoms with Gasteiger partial charge in [-0.25, -0.2) is 8.78 Å². The van der Waals surface area contributed by atoms with Crippen LogP contribution in [-0.2, 0) is 0 Å². The molecule has 0 saturated carbocycles. The number of nitrogens with one attached hydrogen (secondary N) is 1. The summed E-state index contributed by atoms with van der Waals surface area (Å²) >= 11 is 0. The molecular weight excluding hydrogens is 220 g/mol. The zero-order valence-electron chi connectivity index (χ0n) is 10.6. The Morgan fingerprint density at radius 2 is 1.76 bits per heavy atom. The lowest BCUT2D eigenvalue weighted by molar-refractivity contribution is 0.565. The van der Waals surface area contributed by atoms with Crippen molar-refractivity contribution >= 4 is 5.69 Å². The van der Waals surface area contributed by atoms with Crippen LogP contribution in [0.1, 0.15) is 46.0 Å². The lowest BCUT2D eigenvalue weighted by atomic mass is 10.1. The van der Waals surface area contributed by atoms with E-state index in [2.05, 4.69) is 12.2 Å². The fourth-order valence-electron chi connectivity index (χ4n) is 1.83. The Morgan fingerprint density at radius 3 is 2.35 bits per heavy atom. The summed E-state index contributed by atoms with van der Waals surface area (Å²) in [7, 11) is 0. The molecule has 0 aliphatic carbocycles. The van der Waals surface area contributed by atoms with Crippen LogP contribution in [0.25, 0.3) is 0 Å². The molecule has 1 rings (SSSR count). The lowest BCUT2D eigenvalue weighted by Gasteiger charge is -2.16. The fraction of sp³-hybridized carbons (Fsp3) is 0.571. The van der Waals surface area contributed by atoms with Crippen LogP contribution >= 0.6 is 0 Å². The molecule has 1 nitrogen and oxygen atoms in total. The van der Waals surface area contributed by atoms with Gasteiger partial charge in [-0.2, -0.15) is 0 Å². The largest absolute Gasteiger partial charge is 0.378 e. The van der Waals surface area contributed by atoms with E-state index >= 15 is 0 Å². The molecule has 0 amide bonds. The first-order valence-electron chi connectivity index (χ1n) is 6.35. The Bertz CT molecular complexity index is 319. The highest BCUT2D eigenvalue weighted by atomic mass is 19.1. The van der Waals surface area contributed by atoms with Gasteiger partial charge in [-0.3, -0.25) is 0 Å². The van der Waals surface area contributed by atoms with Gasteiger partial charge in [-0.15, -0.1) is 0 Å². The molecular formula is C14H21F2N. The summed E-state index contributed by atoms with van der Waals surface area (Å²) in [4.78, 5) is 0. The Morgan fingerprint density at radius 1 is 1.12 bits per heavy atom. The van der Waals surface area contributed by atoms with Gasteiger partial charge in [0.05, 0.1) is 0 Å². The first-order chi connectivity index (χ1) is 8.15. The minimum absolute atomic E-state index is 0.00417. The van der Waals surface area contributed by atoms with Crippen LogP contribution in [0.3, 0.4) is 0 Å². The van der Waals surface area contributed by atoms with E-state index in [0.29, 0.717) is 0 Å². The number of hydrogen-bond acceptors (Lipinski definition) is 1. The molecule has 0 spiro atoms. The molecule has 0 fully saturated rings. The van der Waals surface area contributed by atoms with Crippen molar-refractivity contribution in [1.82, 2.24) is 0 Å². The smallest absolute Gasteiger partial charge is 0.149 e. The number of anilines is 1. The molecule has 0 aliphatic rings. The van der Waals surface area contributed by atoms with Crippen LogP contribution in [0.2, 0.25) is 0 Å². The van der Waals surface area contributed by atoms with Crippen LogP contribution in [0.5, 0.6) is 0 Å². The number of halogens is 2. The van der Waals surface area contributed by atoms with Crippen LogP contribution < -0.4 is 5.32 Å². The molecule has 0 aliphatic heterocycles. The number of rotatable bonds is 7. The third kappa shape index (κ3) is 4.72. The zero-order valence-corrected chi connectivity index (χ0v) is 10.6. The van der Waals surface area contributed by atoms with E-state index in [0.717, 1.165) is 12.8 Å². The van der Waals surface area contributed by atoms with Gasteiger partial charge >= 0.3 is 0 Å². The normalized spacial score (nSPS) is 12.5. The summed E-state index contributed by atoms with van der Waals surface area (Å²) in [6, 6.07) is 4.02. The molecule has 1 atom stereocenters. The van der Waals surface area contributed by atoms with E-state index in [9.17, 15) is 8.78 Å². The summed E-state index contributed by atoms with van der Waals surface area (Å²) in [6.07, 6.45) is 5.64. The highest BCUT2D eigenvalue weighted by Gasteiger charge is 2.10. The Labute approximate surface area is 102 Å². The summed E-state index contributed by atoms with van der Waals surface area (Å²) < 4.78 is 26.7. The van der Waals surface area contributed by atoms with Crippen molar-refractivity contribution < 1.29 is 8.78 Å². The molecule has 17 heavy (non-hydrogen) atoms. The first kappa shape index (κ1) is 13.9. The summed E-state index contributed by atoms with van der Waals surface area (Å²) in [5, 5.41) is 2.91. The second-order valence-electron chi connectivity index (χ2n) is 4.49. The molecule has 3 heteroatoms. The summed E-state index contributed by atoms with van der Waals surface area (Å²) in [5.74, 6) is -1.05. The standard InChI is InChI=1S/C14H21F2N/c1-3-4-5-6-8-11(2)17-14-12(15)9-7-10-13(14)16/h7,9-11,17H,3-6,8H2,1-2H3. The van der Waals surface area contributed by atoms with Crippen LogP contribution in [0.15, 0.2) is 18.2 Å². The van der Waals surface area contributed by atoms with Gasteiger partial charge in [0.1, 0.15) is 17.3 Å². The molecule has 1 aromatic carbocycles. The molecule has 0 aromatic heterocycles. The Balaban J connectivity index is 2.42. The predicted molar refractivity (Wildman–Crippen MR) is 68.2 cm³/mol. The van der Waals surface area contributed by atoms with Crippen molar-refractivity contribution in [1.29, 1.82) is 0 Å². The second-order valence-corrected chi connectivity index (χ2v) is 4.49. The van der Waals surface area contributed by atoms with E-state index in [1.165, 1.54) is 37.5 Å². The topological polar surface area (TPSA) is 12.0 Å². The van der Waals surface area contributed by atoms with Gasteiger partial charge in [0.2, 0.25) is 0 Å². The van der Waals surface area contributed by atoms with E-state index in [1.807, 2.05) is 6.92 Å². The van der Waals surface area contributed by atoms with Crippen molar-refractivity contribution in [2.75, 3.05) is 5.32 Å². The fourth-order valence-corrected chi connectivity index (χ4v) is 1.83. The minimum Gasteiger partial charge on any atom is -0.378 e. The molecule has 96 valence electrons. The minimum atomic E-state index is -0.523. The predicted octanol–water partition coefficient (Wildman–Crippen LogP) is 4.74. The van der Waals surface area contributed by atoms with Crippen LogP contribution in [-0.4, -0.2) is 6.04 Å². The van der Waals surface area contributed by atoms with Crippen molar-refractivity contribution in [2.45, 2.75) is 52.0 Å². The van der Waals surface area contributed by atoms with Crippen molar-refractivity contribution in [3.63, 3.8) is 0 Å². The van der Waals surface area contributed by atoms with Crippen LogP contribution in [0.4, 0.5) is 14.5 Å². The molecule has 0 bridgehead atoms. The van der Waals surface area contributed by atoms with Gasteiger partial charge < -0.3 is 5.32 Å². The molecule has 1 N–H and O–H groups in total. The van der Waals surface area contributed by atoms with Gasteiger partial charge in [0, 0.05) is 6.04 Å². The average molecular weight is 241 g/mol. The number of hydrogen-bond donors (Lipinski definition) is 1.